The topological polar surface area (TPSA) is 81.7 Å². The highest BCUT2D eigenvalue weighted by molar-refractivity contribution is 5.93. The molecule has 160 valence electrons. The Morgan fingerprint density at radius 1 is 1.17 bits per heavy atom. The van der Waals surface area contributed by atoms with Gasteiger partial charge in [-0.05, 0) is 44.1 Å². The van der Waals surface area contributed by atoms with E-state index in [0.29, 0.717) is 0 Å². The molecule has 0 radical (unpaired) electrons. The minimum Gasteiger partial charge on any atom is -0.469 e. The van der Waals surface area contributed by atoms with Gasteiger partial charge in [0.2, 0.25) is 5.91 Å². The van der Waals surface area contributed by atoms with E-state index in [0.717, 1.165) is 12.0 Å². The zero-order valence-electron chi connectivity index (χ0n) is 18.3. The molecule has 1 amide bonds. The molecule has 1 atom stereocenters. The molecule has 0 heterocycles. The van der Waals surface area contributed by atoms with Gasteiger partial charge in [-0.3, -0.25) is 9.59 Å². The Bertz CT molecular complexity index is 740. The third-order valence-electron chi connectivity index (χ3n) is 5.06. The fourth-order valence-electron chi connectivity index (χ4n) is 3.37. The molecule has 0 fully saturated rings. The molecule has 1 rings (SSSR count). The smallest absolute Gasteiger partial charge is 0.328 e. The first kappa shape index (κ1) is 24.4. The van der Waals surface area contributed by atoms with Gasteiger partial charge in [-0.25, -0.2) is 4.79 Å². The van der Waals surface area contributed by atoms with Gasteiger partial charge in [0.25, 0.3) is 0 Å². The Morgan fingerprint density at radius 2 is 1.86 bits per heavy atom. The van der Waals surface area contributed by atoms with Crippen molar-refractivity contribution in [3.63, 3.8) is 0 Å². The van der Waals surface area contributed by atoms with Crippen LogP contribution in [0.2, 0.25) is 0 Å². The quantitative estimate of drug-likeness (QED) is 0.379. The molecule has 1 N–H and O–H groups in total. The molecule has 0 spiro atoms. The summed E-state index contributed by atoms with van der Waals surface area (Å²) >= 11 is 0. The monoisotopic (exact) mass is 403 g/mol. The molecule has 0 saturated heterocycles. The first-order valence-electron chi connectivity index (χ1n) is 9.79. The molecule has 0 unspecified atom stereocenters. The van der Waals surface area contributed by atoms with Gasteiger partial charge in [0.15, 0.2) is 0 Å². The predicted molar refractivity (Wildman–Crippen MR) is 113 cm³/mol. The first-order chi connectivity index (χ1) is 13.6. The van der Waals surface area contributed by atoms with E-state index in [1.807, 2.05) is 19.1 Å². The average Bonchev–Trinajstić information content (AvgIpc) is 2.65. The summed E-state index contributed by atoms with van der Waals surface area (Å²) in [5.41, 5.74) is 3.98. The second-order valence-electron chi connectivity index (χ2n) is 7.90. The van der Waals surface area contributed by atoms with Crippen LogP contribution in [0.15, 0.2) is 47.1 Å². The number of nitrogens with one attached hydrogen (secondary N) is 1. The molecule has 1 aliphatic carbocycles. The fraction of sp³-hybridized carbons (Fsp3) is 0.522. The van der Waals surface area contributed by atoms with Crippen LogP contribution in [-0.2, 0) is 23.9 Å². The maximum Gasteiger partial charge on any atom is 0.328 e. The molecule has 29 heavy (non-hydrogen) atoms. The van der Waals surface area contributed by atoms with Crippen LogP contribution >= 0.6 is 0 Å². The number of esters is 2. The van der Waals surface area contributed by atoms with Crippen LogP contribution in [0.1, 0.15) is 53.4 Å². The number of hydrogen-bond acceptors (Lipinski definition) is 5. The van der Waals surface area contributed by atoms with Crippen molar-refractivity contribution in [2.45, 2.75) is 59.4 Å². The number of amides is 1. The second kappa shape index (κ2) is 11.4. The minimum absolute atomic E-state index is 0.178. The van der Waals surface area contributed by atoms with Gasteiger partial charge in [-0.2, -0.15) is 0 Å². The minimum atomic E-state index is -1.09. The third-order valence-corrected chi connectivity index (χ3v) is 5.06. The molecule has 6 nitrogen and oxygen atoms in total. The molecule has 0 saturated carbocycles. The number of allylic oxidation sites excluding steroid dienone is 7. The lowest BCUT2D eigenvalue weighted by atomic mass is 9.72. The Balaban J connectivity index is 2.74. The molecule has 0 aromatic heterocycles. The Kier molecular flexibility index (Phi) is 9.59. The van der Waals surface area contributed by atoms with Crippen molar-refractivity contribution in [2.24, 2.45) is 5.41 Å². The van der Waals surface area contributed by atoms with Gasteiger partial charge in [0.1, 0.15) is 6.04 Å². The lowest BCUT2D eigenvalue weighted by Gasteiger charge is -2.32. The lowest BCUT2D eigenvalue weighted by molar-refractivity contribution is -0.150. The molecule has 6 heteroatoms. The number of rotatable bonds is 8. The van der Waals surface area contributed by atoms with Crippen molar-refractivity contribution in [1.82, 2.24) is 5.32 Å². The number of ether oxygens (including phenoxy) is 2. The summed E-state index contributed by atoms with van der Waals surface area (Å²) in [5, 5.41) is 2.45. The van der Waals surface area contributed by atoms with Crippen LogP contribution in [0.4, 0.5) is 0 Å². The molecule has 0 aliphatic heterocycles. The Labute approximate surface area is 173 Å². The number of hydrogen-bond donors (Lipinski definition) is 1. The zero-order chi connectivity index (χ0) is 22.0. The summed E-state index contributed by atoms with van der Waals surface area (Å²) < 4.78 is 9.14. The molecular weight excluding hydrogens is 370 g/mol. The maximum absolute atomic E-state index is 12.0. The summed E-state index contributed by atoms with van der Waals surface area (Å²) in [6.45, 7) is 8.68. The SMILES string of the molecule is COC(=O)C[C@H](NC(=O)/C=C/C=C(C)/C=C/C1=C(C)CCCC1(C)C)C(=O)OC. The van der Waals surface area contributed by atoms with Gasteiger partial charge in [-0.1, -0.05) is 49.3 Å². The van der Waals surface area contributed by atoms with Gasteiger partial charge >= 0.3 is 11.9 Å². The van der Waals surface area contributed by atoms with Crippen LogP contribution in [0.25, 0.3) is 0 Å². The van der Waals surface area contributed by atoms with Crippen molar-refractivity contribution < 1.29 is 23.9 Å². The Morgan fingerprint density at radius 3 is 2.45 bits per heavy atom. The van der Waals surface area contributed by atoms with Crippen molar-refractivity contribution in [1.29, 1.82) is 0 Å². The summed E-state index contributed by atoms with van der Waals surface area (Å²) in [7, 11) is 2.41. The number of carbonyl (C=O) groups is 3. The van der Waals surface area contributed by atoms with E-state index in [9.17, 15) is 14.4 Å². The van der Waals surface area contributed by atoms with Crippen LogP contribution in [0.5, 0.6) is 0 Å². The normalized spacial score (nSPS) is 18.1. The second-order valence-corrected chi connectivity index (χ2v) is 7.90. The summed E-state index contributed by atoms with van der Waals surface area (Å²) in [4.78, 5) is 35.1. The van der Waals surface area contributed by atoms with E-state index in [1.165, 1.54) is 44.3 Å². The predicted octanol–water partition coefficient (Wildman–Crippen LogP) is 3.79. The zero-order valence-corrected chi connectivity index (χ0v) is 18.3. The maximum atomic E-state index is 12.0. The highest BCUT2D eigenvalue weighted by Gasteiger charge is 2.26. The van der Waals surface area contributed by atoms with E-state index in [4.69, 9.17) is 0 Å². The lowest BCUT2D eigenvalue weighted by Crippen LogP contribution is -2.42. The van der Waals surface area contributed by atoms with Gasteiger partial charge in [0.05, 0.1) is 20.6 Å². The Hall–Kier alpha value is -2.63. The van der Waals surface area contributed by atoms with Gasteiger partial charge < -0.3 is 14.8 Å². The molecule has 1 aliphatic rings. The molecular formula is C23H33NO5. The van der Waals surface area contributed by atoms with Crippen molar-refractivity contribution >= 4 is 17.8 Å². The summed E-state index contributed by atoms with van der Waals surface area (Å²) in [5.74, 6) is -1.81. The van der Waals surface area contributed by atoms with Crippen LogP contribution in [-0.4, -0.2) is 38.1 Å². The van der Waals surface area contributed by atoms with E-state index < -0.39 is 23.9 Å². The highest BCUT2D eigenvalue weighted by atomic mass is 16.5. The van der Waals surface area contributed by atoms with Crippen LogP contribution in [0.3, 0.4) is 0 Å². The van der Waals surface area contributed by atoms with Gasteiger partial charge in [0, 0.05) is 6.08 Å². The highest BCUT2D eigenvalue weighted by Crippen LogP contribution is 2.40. The van der Waals surface area contributed by atoms with Crippen molar-refractivity contribution in [3.05, 3.63) is 47.1 Å². The van der Waals surface area contributed by atoms with Gasteiger partial charge in [-0.15, -0.1) is 0 Å². The van der Waals surface area contributed by atoms with Crippen molar-refractivity contribution in [3.8, 4) is 0 Å². The first-order valence-corrected chi connectivity index (χ1v) is 9.79. The standard InChI is InChI=1S/C23H33NO5/c1-16(12-13-18-17(2)10-8-14-23(18,3)4)9-7-11-20(25)24-19(22(27)29-6)15-21(26)28-5/h7,9,11-13,19H,8,10,14-15H2,1-6H3,(H,24,25)/b11-7+,13-12+,16-9+/t19-/m0/s1. The number of carbonyl (C=O) groups excluding carboxylic acids is 3. The molecule has 0 aromatic carbocycles. The largest absolute Gasteiger partial charge is 0.469 e. The van der Waals surface area contributed by atoms with E-state index >= 15 is 0 Å². The van der Waals surface area contributed by atoms with Crippen molar-refractivity contribution in [2.75, 3.05) is 14.2 Å². The van der Waals surface area contributed by atoms with E-state index in [-0.39, 0.29) is 11.8 Å². The van der Waals surface area contributed by atoms with Crippen LogP contribution < -0.4 is 5.32 Å². The van der Waals surface area contributed by atoms with E-state index in [2.05, 4.69) is 41.6 Å². The van der Waals surface area contributed by atoms with Crippen LogP contribution in [0, 0.1) is 5.41 Å². The average molecular weight is 404 g/mol. The number of methoxy groups -OCH3 is 2. The fourth-order valence-corrected chi connectivity index (χ4v) is 3.37. The van der Waals surface area contributed by atoms with E-state index in [1.54, 1.807) is 6.08 Å². The summed E-state index contributed by atoms with van der Waals surface area (Å²) in [6, 6.07) is -1.09. The molecule has 0 aromatic rings. The molecule has 0 bridgehead atoms. The summed E-state index contributed by atoms with van der Waals surface area (Å²) in [6.07, 6.45) is 12.2. The third kappa shape index (κ3) is 8.10.